The summed E-state index contributed by atoms with van der Waals surface area (Å²) in [5.74, 6) is 0. The Labute approximate surface area is 69.1 Å². The first-order chi connectivity index (χ1) is 5.34. The van der Waals surface area contributed by atoms with Crippen molar-refractivity contribution in [2.24, 2.45) is 0 Å². The van der Waals surface area contributed by atoms with E-state index in [1.54, 1.807) is 0 Å². The summed E-state index contributed by atoms with van der Waals surface area (Å²) in [6.45, 7) is 2.19. The second-order valence-corrected chi connectivity index (χ2v) is 3.33. The van der Waals surface area contributed by atoms with E-state index < -0.39 is 0 Å². The fourth-order valence-electron chi connectivity index (χ4n) is 1.57. The highest BCUT2D eigenvalue weighted by molar-refractivity contribution is 5.10. The van der Waals surface area contributed by atoms with E-state index in [2.05, 4.69) is 13.0 Å². The lowest BCUT2D eigenvalue weighted by molar-refractivity contribution is 0.186. The Morgan fingerprint density at radius 3 is 3.09 bits per heavy atom. The SMILES string of the molecule is CCCCC1=CCCCC1O. The minimum absolute atomic E-state index is 0.115. The summed E-state index contributed by atoms with van der Waals surface area (Å²) in [4.78, 5) is 0. The molecule has 1 aliphatic rings. The lowest BCUT2D eigenvalue weighted by Crippen LogP contribution is -2.13. The molecule has 0 aromatic carbocycles. The highest BCUT2D eigenvalue weighted by Crippen LogP contribution is 2.22. The highest BCUT2D eigenvalue weighted by Gasteiger charge is 2.12. The Kier molecular flexibility index (Phi) is 3.64. The fraction of sp³-hybridized carbons (Fsp3) is 0.800. The van der Waals surface area contributed by atoms with Crippen LogP contribution in [0.4, 0.5) is 0 Å². The summed E-state index contributed by atoms with van der Waals surface area (Å²) in [6, 6.07) is 0. The van der Waals surface area contributed by atoms with E-state index in [9.17, 15) is 5.11 Å². The van der Waals surface area contributed by atoms with Crippen LogP contribution >= 0.6 is 0 Å². The van der Waals surface area contributed by atoms with E-state index in [0.29, 0.717) is 0 Å². The number of aliphatic hydroxyl groups is 1. The van der Waals surface area contributed by atoms with Gasteiger partial charge in [0.1, 0.15) is 0 Å². The van der Waals surface area contributed by atoms with E-state index in [0.717, 1.165) is 19.3 Å². The first kappa shape index (κ1) is 8.79. The molecule has 1 heteroatoms. The van der Waals surface area contributed by atoms with Crippen molar-refractivity contribution in [2.45, 2.75) is 51.6 Å². The predicted octanol–water partition coefficient (Wildman–Crippen LogP) is 2.65. The van der Waals surface area contributed by atoms with E-state index in [-0.39, 0.29) is 6.10 Å². The van der Waals surface area contributed by atoms with Crippen molar-refractivity contribution in [3.8, 4) is 0 Å². The fourth-order valence-corrected chi connectivity index (χ4v) is 1.57. The average molecular weight is 154 g/mol. The largest absolute Gasteiger partial charge is 0.389 e. The minimum Gasteiger partial charge on any atom is -0.389 e. The zero-order valence-electron chi connectivity index (χ0n) is 7.34. The molecule has 0 amide bonds. The third-order valence-corrected chi connectivity index (χ3v) is 2.34. The molecule has 0 spiro atoms. The lowest BCUT2D eigenvalue weighted by Gasteiger charge is -2.18. The topological polar surface area (TPSA) is 20.2 Å². The zero-order valence-corrected chi connectivity index (χ0v) is 7.34. The van der Waals surface area contributed by atoms with Gasteiger partial charge in [0.2, 0.25) is 0 Å². The molecule has 64 valence electrons. The van der Waals surface area contributed by atoms with Crippen LogP contribution in [-0.4, -0.2) is 11.2 Å². The summed E-state index contributed by atoms with van der Waals surface area (Å²) in [5, 5.41) is 9.53. The van der Waals surface area contributed by atoms with Crippen LogP contribution in [0, 0.1) is 0 Å². The van der Waals surface area contributed by atoms with Gasteiger partial charge in [0.15, 0.2) is 0 Å². The molecular formula is C10H18O. The number of rotatable bonds is 3. The second-order valence-electron chi connectivity index (χ2n) is 3.33. The molecule has 1 aliphatic carbocycles. The quantitative estimate of drug-likeness (QED) is 0.619. The normalized spacial score (nSPS) is 24.9. The lowest BCUT2D eigenvalue weighted by atomic mass is 9.93. The van der Waals surface area contributed by atoms with E-state index in [1.165, 1.54) is 24.8 Å². The third-order valence-electron chi connectivity index (χ3n) is 2.34. The predicted molar refractivity (Wildman–Crippen MR) is 47.5 cm³/mol. The third kappa shape index (κ3) is 2.66. The Balaban J connectivity index is 2.34. The molecule has 0 fully saturated rings. The summed E-state index contributed by atoms with van der Waals surface area (Å²) in [5.41, 5.74) is 1.29. The standard InChI is InChI=1S/C10H18O/c1-2-3-6-9-7-4-5-8-10(9)11/h7,10-11H,2-6,8H2,1H3. The van der Waals surface area contributed by atoms with Crippen molar-refractivity contribution in [1.82, 2.24) is 0 Å². The molecule has 1 N–H and O–H groups in total. The van der Waals surface area contributed by atoms with Crippen LogP contribution in [0.5, 0.6) is 0 Å². The van der Waals surface area contributed by atoms with Gasteiger partial charge in [-0.2, -0.15) is 0 Å². The molecule has 0 heterocycles. The number of hydrogen-bond acceptors (Lipinski definition) is 1. The van der Waals surface area contributed by atoms with Crippen LogP contribution in [0.3, 0.4) is 0 Å². The van der Waals surface area contributed by atoms with Crippen LogP contribution in [0.25, 0.3) is 0 Å². The van der Waals surface area contributed by atoms with Crippen molar-refractivity contribution in [3.05, 3.63) is 11.6 Å². The van der Waals surface area contributed by atoms with Crippen LogP contribution in [0.1, 0.15) is 45.4 Å². The maximum atomic E-state index is 9.53. The van der Waals surface area contributed by atoms with Gasteiger partial charge < -0.3 is 5.11 Å². The molecule has 0 bridgehead atoms. The first-order valence-corrected chi connectivity index (χ1v) is 4.71. The first-order valence-electron chi connectivity index (χ1n) is 4.71. The average Bonchev–Trinajstić information content (AvgIpc) is 2.03. The van der Waals surface area contributed by atoms with Gasteiger partial charge in [-0.25, -0.2) is 0 Å². The number of hydrogen-bond donors (Lipinski definition) is 1. The Bertz CT molecular complexity index is 138. The molecule has 1 atom stereocenters. The molecule has 0 aromatic rings. The van der Waals surface area contributed by atoms with Gasteiger partial charge in [0.25, 0.3) is 0 Å². The molecule has 1 unspecified atom stereocenters. The molecule has 0 aliphatic heterocycles. The maximum absolute atomic E-state index is 9.53. The second kappa shape index (κ2) is 4.55. The Morgan fingerprint density at radius 2 is 2.45 bits per heavy atom. The Morgan fingerprint density at radius 1 is 1.64 bits per heavy atom. The van der Waals surface area contributed by atoms with Gasteiger partial charge in [-0.3, -0.25) is 0 Å². The van der Waals surface area contributed by atoms with Crippen molar-refractivity contribution >= 4 is 0 Å². The van der Waals surface area contributed by atoms with Crippen LogP contribution in [0.2, 0.25) is 0 Å². The molecule has 1 rings (SSSR count). The van der Waals surface area contributed by atoms with Gasteiger partial charge in [0, 0.05) is 0 Å². The number of allylic oxidation sites excluding steroid dienone is 1. The summed E-state index contributed by atoms with van der Waals surface area (Å²) < 4.78 is 0. The van der Waals surface area contributed by atoms with E-state index in [4.69, 9.17) is 0 Å². The van der Waals surface area contributed by atoms with Gasteiger partial charge in [-0.05, 0) is 37.7 Å². The van der Waals surface area contributed by atoms with Crippen molar-refractivity contribution in [2.75, 3.05) is 0 Å². The van der Waals surface area contributed by atoms with E-state index >= 15 is 0 Å². The summed E-state index contributed by atoms with van der Waals surface area (Å²) in [7, 11) is 0. The molecule has 0 radical (unpaired) electrons. The van der Waals surface area contributed by atoms with Crippen LogP contribution in [-0.2, 0) is 0 Å². The zero-order chi connectivity index (χ0) is 8.10. The number of aliphatic hydroxyl groups excluding tert-OH is 1. The van der Waals surface area contributed by atoms with E-state index in [1.807, 2.05) is 0 Å². The van der Waals surface area contributed by atoms with Crippen LogP contribution < -0.4 is 0 Å². The number of unbranched alkanes of at least 4 members (excludes halogenated alkanes) is 1. The molecule has 0 saturated carbocycles. The van der Waals surface area contributed by atoms with Crippen molar-refractivity contribution in [1.29, 1.82) is 0 Å². The molecular weight excluding hydrogens is 136 g/mol. The highest BCUT2D eigenvalue weighted by atomic mass is 16.3. The smallest absolute Gasteiger partial charge is 0.0750 e. The van der Waals surface area contributed by atoms with Crippen molar-refractivity contribution < 1.29 is 5.11 Å². The monoisotopic (exact) mass is 154 g/mol. The molecule has 0 saturated heterocycles. The van der Waals surface area contributed by atoms with Gasteiger partial charge >= 0.3 is 0 Å². The van der Waals surface area contributed by atoms with Gasteiger partial charge in [0.05, 0.1) is 6.10 Å². The van der Waals surface area contributed by atoms with Crippen LogP contribution in [0.15, 0.2) is 11.6 Å². The minimum atomic E-state index is -0.115. The molecule has 1 nitrogen and oxygen atoms in total. The van der Waals surface area contributed by atoms with Gasteiger partial charge in [-0.1, -0.05) is 19.4 Å². The summed E-state index contributed by atoms with van der Waals surface area (Å²) in [6.07, 6.45) is 8.99. The Hall–Kier alpha value is -0.300. The molecule has 11 heavy (non-hydrogen) atoms. The maximum Gasteiger partial charge on any atom is 0.0750 e. The van der Waals surface area contributed by atoms with Gasteiger partial charge in [-0.15, -0.1) is 0 Å². The molecule has 0 aromatic heterocycles. The van der Waals surface area contributed by atoms with Crippen molar-refractivity contribution in [3.63, 3.8) is 0 Å². The summed E-state index contributed by atoms with van der Waals surface area (Å²) >= 11 is 0.